The van der Waals surface area contributed by atoms with Crippen LogP contribution in [0, 0.1) is 0 Å². The van der Waals surface area contributed by atoms with Gasteiger partial charge in [-0.05, 0) is 30.7 Å². The van der Waals surface area contributed by atoms with E-state index in [2.05, 4.69) is 16.2 Å². The number of benzene rings is 2. The predicted octanol–water partition coefficient (Wildman–Crippen LogP) is 3.58. The molecule has 0 radical (unpaired) electrons. The highest BCUT2D eigenvalue weighted by molar-refractivity contribution is 5.86. The lowest BCUT2D eigenvalue weighted by Crippen LogP contribution is -2.04. The van der Waals surface area contributed by atoms with Gasteiger partial charge in [0.15, 0.2) is 0 Å². The van der Waals surface area contributed by atoms with Gasteiger partial charge < -0.3 is 4.52 Å². The van der Waals surface area contributed by atoms with Crippen LogP contribution in [0.2, 0.25) is 0 Å². The van der Waals surface area contributed by atoms with E-state index in [-0.39, 0.29) is 11.7 Å². The van der Waals surface area contributed by atoms with Gasteiger partial charge in [0, 0.05) is 5.56 Å². The van der Waals surface area contributed by atoms with Crippen molar-refractivity contribution in [2.45, 2.75) is 19.8 Å². The third kappa shape index (κ3) is 2.20. The summed E-state index contributed by atoms with van der Waals surface area (Å²) >= 11 is 0. The Bertz CT molecular complexity index is 777. The molecule has 1 atom stereocenters. The molecule has 0 aliphatic carbocycles. The molecule has 0 amide bonds. The Balaban J connectivity index is 2.01. The van der Waals surface area contributed by atoms with Crippen LogP contribution in [0.15, 0.2) is 47.0 Å². The lowest BCUT2D eigenvalue weighted by Gasteiger charge is -2.00. The number of aromatic nitrogens is 2. The first-order valence-corrected chi connectivity index (χ1v) is 6.48. The number of fused-ring (bicyclic) bond motifs is 1. The van der Waals surface area contributed by atoms with Crippen LogP contribution in [-0.4, -0.2) is 15.9 Å². The molecular weight excluding hydrogens is 252 g/mol. The van der Waals surface area contributed by atoms with Crippen molar-refractivity contribution in [2.75, 3.05) is 0 Å². The first kappa shape index (κ1) is 12.5. The summed E-state index contributed by atoms with van der Waals surface area (Å²) in [5, 5.41) is 6.24. The summed E-state index contributed by atoms with van der Waals surface area (Å²) in [5.41, 5.74) is 0.884. The van der Waals surface area contributed by atoms with Crippen molar-refractivity contribution >= 4 is 16.6 Å². The highest BCUT2D eigenvalue weighted by atomic mass is 16.5. The second-order valence-corrected chi connectivity index (χ2v) is 4.85. The van der Waals surface area contributed by atoms with Crippen molar-refractivity contribution in [1.29, 1.82) is 0 Å². The topological polar surface area (TPSA) is 56.0 Å². The molecule has 1 heterocycles. The molecule has 1 aromatic heterocycles. The molecule has 3 aromatic rings. The monoisotopic (exact) mass is 266 g/mol. The number of nitrogens with zero attached hydrogens (tertiary/aromatic N) is 2. The van der Waals surface area contributed by atoms with E-state index >= 15 is 0 Å². The van der Waals surface area contributed by atoms with Gasteiger partial charge in [-0.25, -0.2) is 0 Å². The summed E-state index contributed by atoms with van der Waals surface area (Å²) in [7, 11) is 0. The van der Waals surface area contributed by atoms with Crippen LogP contribution >= 0.6 is 0 Å². The Hall–Kier alpha value is -2.49. The van der Waals surface area contributed by atoms with Gasteiger partial charge >= 0.3 is 0 Å². The average Bonchev–Trinajstić information content (AvgIpc) is 2.95. The molecule has 20 heavy (non-hydrogen) atoms. The largest absolute Gasteiger partial charge is 0.338 e. The van der Waals surface area contributed by atoms with Crippen LogP contribution in [0.4, 0.5) is 0 Å². The van der Waals surface area contributed by atoms with Crippen molar-refractivity contribution in [3.05, 3.63) is 48.4 Å². The fraction of sp³-hybridized carbons (Fsp3) is 0.188. The zero-order valence-corrected chi connectivity index (χ0v) is 11.3. The SMILES string of the molecule is CC(=O)C(C)c1nc(-c2ccc3ccccc3c2)no1. The van der Waals surface area contributed by atoms with E-state index in [1.54, 1.807) is 6.92 Å². The van der Waals surface area contributed by atoms with E-state index in [1.165, 1.54) is 6.92 Å². The second kappa shape index (κ2) is 4.89. The molecule has 4 nitrogen and oxygen atoms in total. The predicted molar refractivity (Wildman–Crippen MR) is 76.3 cm³/mol. The summed E-state index contributed by atoms with van der Waals surface area (Å²) in [6.45, 7) is 3.28. The maximum Gasteiger partial charge on any atom is 0.237 e. The van der Waals surface area contributed by atoms with E-state index in [0.717, 1.165) is 16.3 Å². The summed E-state index contributed by atoms with van der Waals surface area (Å²) in [6, 6.07) is 14.1. The first-order valence-electron chi connectivity index (χ1n) is 6.48. The van der Waals surface area contributed by atoms with Gasteiger partial charge in [0.2, 0.25) is 11.7 Å². The van der Waals surface area contributed by atoms with Crippen LogP contribution in [0.25, 0.3) is 22.2 Å². The van der Waals surface area contributed by atoms with E-state index in [0.29, 0.717) is 11.7 Å². The summed E-state index contributed by atoms with van der Waals surface area (Å²) in [6.07, 6.45) is 0. The quantitative estimate of drug-likeness (QED) is 0.727. The average molecular weight is 266 g/mol. The van der Waals surface area contributed by atoms with Crippen molar-refractivity contribution in [3.8, 4) is 11.4 Å². The number of hydrogen-bond donors (Lipinski definition) is 0. The molecule has 0 N–H and O–H groups in total. The van der Waals surface area contributed by atoms with Gasteiger partial charge in [-0.3, -0.25) is 4.79 Å². The highest BCUT2D eigenvalue weighted by Gasteiger charge is 2.18. The van der Waals surface area contributed by atoms with Gasteiger partial charge in [-0.2, -0.15) is 4.98 Å². The lowest BCUT2D eigenvalue weighted by molar-refractivity contribution is -0.118. The lowest BCUT2D eigenvalue weighted by atomic mass is 10.1. The minimum atomic E-state index is -0.364. The Morgan fingerprint density at radius 1 is 1.15 bits per heavy atom. The molecule has 0 spiro atoms. The molecule has 3 rings (SSSR count). The maximum absolute atomic E-state index is 11.3. The van der Waals surface area contributed by atoms with Crippen molar-refractivity contribution < 1.29 is 9.32 Å². The zero-order valence-electron chi connectivity index (χ0n) is 11.3. The number of Topliss-reactive ketones (excluding diaryl/α,β-unsaturated/α-hetero) is 1. The van der Waals surface area contributed by atoms with Crippen LogP contribution in [0.3, 0.4) is 0 Å². The molecule has 0 saturated heterocycles. The maximum atomic E-state index is 11.3. The summed E-state index contributed by atoms with van der Waals surface area (Å²) in [5.74, 6) is 0.523. The molecule has 0 fully saturated rings. The second-order valence-electron chi connectivity index (χ2n) is 4.85. The van der Waals surface area contributed by atoms with Crippen molar-refractivity contribution in [1.82, 2.24) is 10.1 Å². The minimum Gasteiger partial charge on any atom is -0.338 e. The first-order chi connectivity index (χ1) is 9.65. The molecule has 0 aliphatic rings. The highest BCUT2D eigenvalue weighted by Crippen LogP contribution is 2.24. The van der Waals surface area contributed by atoms with Gasteiger partial charge in [-0.15, -0.1) is 0 Å². The van der Waals surface area contributed by atoms with Crippen molar-refractivity contribution in [2.24, 2.45) is 0 Å². The Kier molecular flexibility index (Phi) is 3.06. The molecule has 0 saturated carbocycles. The van der Waals surface area contributed by atoms with Crippen LogP contribution in [-0.2, 0) is 4.79 Å². The number of ketones is 1. The fourth-order valence-electron chi connectivity index (χ4n) is 2.03. The van der Waals surface area contributed by atoms with Crippen LogP contribution in [0.5, 0.6) is 0 Å². The van der Waals surface area contributed by atoms with Gasteiger partial charge in [0.25, 0.3) is 0 Å². The number of rotatable bonds is 3. The molecule has 1 unspecified atom stereocenters. The molecule has 2 aromatic carbocycles. The molecule has 100 valence electrons. The van der Waals surface area contributed by atoms with E-state index in [1.807, 2.05) is 36.4 Å². The smallest absolute Gasteiger partial charge is 0.237 e. The third-order valence-corrected chi connectivity index (χ3v) is 3.43. The zero-order chi connectivity index (χ0) is 14.1. The van der Waals surface area contributed by atoms with E-state index < -0.39 is 0 Å². The normalized spacial score (nSPS) is 12.5. The number of hydrogen-bond acceptors (Lipinski definition) is 4. The summed E-state index contributed by atoms with van der Waals surface area (Å²) in [4.78, 5) is 15.6. The van der Waals surface area contributed by atoms with Gasteiger partial charge in [0.05, 0.1) is 5.92 Å². The van der Waals surface area contributed by atoms with Gasteiger partial charge in [-0.1, -0.05) is 41.6 Å². The molecule has 4 heteroatoms. The summed E-state index contributed by atoms with van der Waals surface area (Å²) < 4.78 is 5.17. The Labute approximate surface area is 116 Å². The molecule has 0 bridgehead atoms. The minimum absolute atomic E-state index is 0.0127. The third-order valence-electron chi connectivity index (χ3n) is 3.43. The number of carbonyl (C=O) groups excluding carboxylic acids is 1. The number of carbonyl (C=O) groups is 1. The molecular formula is C16H14N2O2. The fourth-order valence-corrected chi connectivity index (χ4v) is 2.03. The van der Waals surface area contributed by atoms with Crippen molar-refractivity contribution in [3.63, 3.8) is 0 Å². The van der Waals surface area contributed by atoms with E-state index in [4.69, 9.17) is 4.52 Å². The van der Waals surface area contributed by atoms with Crippen LogP contribution < -0.4 is 0 Å². The Morgan fingerprint density at radius 3 is 2.65 bits per heavy atom. The standard InChI is InChI=1S/C16H14N2O2/c1-10(11(2)19)16-17-15(18-20-16)14-8-7-12-5-3-4-6-13(12)9-14/h3-10H,1-2H3. The molecule has 0 aliphatic heterocycles. The van der Waals surface area contributed by atoms with E-state index in [9.17, 15) is 4.79 Å². The van der Waals surface area contributed by atoms with Crippen LogP contribution in [0.1, 0.15) is 25.7 Å². The van der Waals surface area contributed by atoms with Gasteiger partial charge in [0.1, 0.15) is 5.78 Å². The Morgan fingerprint density at radius 2 is 1.90 bits per heavy atom.